The van der Waals surface area contributed by atoms with E-state index < -0.39 is 0 Å². The number of piperidine rings is 1. The van der Waals surface area contributed by atoms with Crippen molar-refractivity contribution in [2.24, 2.45) is 11.3 Å². The van der Waals surface area contributed by atoms with Gasteiger partial charge in [-0.15, -0.1) is 0 Å². The van der Waals surface area contributed by atoms with Crippen molar-refractivity contribution in [2.75, 3.05) is 13.2 Å². The van der Waals surface area contributed by atoms with Crippen LogP contribution in [0.25, 0.3) is 0 Å². The number of aliphatic hydroxyl groups is 1. The summed E-state index contributed by atoms with van der Waals surface area (Å²) < 4.78 is 6.04. The third-order valence-electron chi connectivity index (χ3n) is 6.22. The van der Waals surface area contributed by atoms with E-state index in [0.29, 0.717) is 30.2 Å². The molecule has 0 bridgehead atoms. The maximum Gasteiger partial charge on any atom is 0.0900 e. The van der Waals surface area contributed by atoms with Crippen LogP contribution in [0.3, 0.4) is 0 Å². The summed E-state index contributed by atoms with van der Waals surface area (Å²) >= 11 is 0. The Bertz CT molecular complexity index is 334. The van der Waals surface area contributed by atoms with Crippen molar-refractivity contribution in [1.29, 1.82) is 0 Å². The largest absolute Gasteiger partial charge is 0.389 e. The van der Waals surface area contributed by atoms with Crippen molar-refractivity contribution < 1.29 is 9.84 Å². The molecule has 0 aromatic rings. The summed E-state index contributed by atoms with van der Waals surface area (Å²) in [5, 5.41) is 10.4. The van der Waals surface area contributed by atoms with Gasteiger partial charge in [0.25, 0.3) is 0 Å². The molecule has 1 aliphatic heterocycles. The third-order valence-corrected chi connectivity index (χ3v) is 6.22. The van der Waals surface area contributed by atoms with Crippen LogP contribution in [0.4, 0.5) is 0 Å². The van der Waals surface area contributed by atoms with Gasteiger partial charge in [-0.25, -0.2) is 0 Å². The van der Waals surface area contributed by atoms with Crippen molar-refractivity contribution in [1.82, 2.24) is 4.90 Å². The lowest BCUT2D eigenvalue weighted by Crippen LogP contribution is -2.48. The molecule has 1 N–H and O–H groups in total. The predicted octanol–water partition coefficient (Wildman–Crippen LogP) is 4.23. The second-order valence-corrected chi connectivity index (χ2v) is 9.15. The van der Waals surface area contributed by atoms with E-state index in [1.54, 1.807) is 0 Å². The van der Waals surface area contributed by atoms with Crippen LogP contribution in [-0.4, -0.2) is 47.4 Å². The second-order valence-electron chi connectivity index (χ2n) is 9.15. The monoisotopic (exact) mass is 325 g/mol. The molecule has 1 saturated carbocycles. The Hall–Kier alpha value is -0.120. The van der Waals surface area contributed by atoms with Crippen molar-refractivity contribution >= 4 is 0 Å². The predicted molar refractivity (Wildman–Crippen MR) is 96.6 cm³/mol. The maximum absolute atomic E-state index is 10.4. The molecule has 0 radical (unpaired) electrons. The minimum absolute atomic E-state index is 0.349. The molecule has 1 aliphatic carbocycles. The van der Waals surface area contributed by atoms with Gasteiger partial charge >= 0.3 is 0 Å². The number of hydrogen-bond acceptors (Lipinski definition) is 3. The molecule has 1 saturated heterocycles. The number of ether oxygens (including phenoxy) is 1. The van der Waals surface area contributed by atoms with E-state index in [-0.39, 0.29) is 6.10 Å². The zero-order chi connectivity index (χ0) is 17.0. The molecule has 3 nitrogen and oxygen atoms in total. The van der Waals surface area contributed by atoms with Gasteiger partial charge in [0.2, 0.25) is 0 Å². The van der Waals surface area contributed by atoms with Crippen LogP contribution in [0.5, 0.6) is 0 Å². The molecule has 0 unspecified atom stereocenters. The zero-order valence-electron chi connectivity index (χ0n) is 16.1. The van der Waals surface area contributed by atoms with Crippen molar-refractivity contribution in [3.8, 4) is 0 Å². The molecule has 3 heteroatoms. The van der Waals surface area contributed by atoms with Crippen molar-refractivity contribution in [2.45, 2.75) is 104 Å². The fourth-order valence-corrected chi connectivity index (χ4v) is 4.47. The van der Waals surface area contributed by atoms with Gasteiger partial charge in [-0.3, -0.25) is 4.90 Å². The molecule has 3 atom stereocenters. The van der Waals surface area contributed by atoms with Crippen LogP contribution in [0.15, 0.2) is 0 Å². The van der Waals surface area contributed by atoms with Gasteiger partial charge in [0, 0.05) is 18.6 Å². The maximum atomic E-state index is 10.4. The van der Waals surface area contributed by atoms with Crippen LogP contribution in [0, 0.1) is 11.3 Å². The van der Waals surface area contributed by atoms with Gasteiger partial charge in [-0.1, -0.05) is 27.2 Å². The highest BCUT2D eigenvalue weighted by Gasteiger charge is 2.31. The van der Waals surface area contributed by atoms with Gasteiger partial charge in [-0.2, -0.15) is 0 Å². The lowest BCUT2D eigenvalue weighted by atomic mass is 9.72. The van der Waals surface area contributed by atoms with E-state index in [9.17, 15) is 5.11 Å². The average Bonchev–Trinajstić information content (AvgIpc) is 2.48. The van der Waals surface area contributed by atoms with E-state index in [1.807, 2.05) is 0 Å². The summed E-state index contributed by atoms with van der Waals surface area (Å²) in [7, 11) is 0. The molecular weight excluding hydrogens is 286 g/mol. The highest BCUT2D eigenvalue weighted by Crippen LogP contribution is 2.38. The van der Waals surface area contributed by atoms with Gasteiger partial charge in [-0.05, 0) is 63.7 Å². The van der Waals surface area contributed by atoms with E-state index in [2.05, 4.69) is 39.5 Å². The fraction of sp³-hybridized carbons (Fsp3) is 1.00. The summed E-state index contributed by atoms with van der Waals surface area (Å²) in [6.07, 6.45) is 8.70. The number of aliphatic hydroxyl groups excluding tert-OH is 1. The Labute approximate surface area is 143 Å². The van der Waals surface area contributed by atoms with Gasteiger partial charge in [0.15, 0.2) is 0 Å². The summed E-state index contributed by atoms with van der Waals surface area (Å²) in [6.45, 7) is 12.9. The van der Waals surface area contributed by atoms with Crippen LogP contribution in [0.1, 0.15) is 79.6 Å². The topological polar surface area (TPSA) is 32.7 Å². The molecule has 2 rings (SSSR count). The van der Waals surface area contributed by atoms with Crippen LogP contribution < -0.4 is 0 Å². The van der Waals surface area contributed by atoms with Gasteiger partial charge < -0.3 is 9.84 Å². The van der Waals surface area contributed by atoms with Gasteiger partial charge in [0.05, 0.1) is 18.8 Å². The SMILES string of the molecule is C[C@@H]1CCC[C@@H](C)N1C[C@H](O)COC1CCC(C(C)(C)C)CC1. The third kappa shape index (κ3) is 5.72. The molecule has 0 amide bonds. The van der Waals surface area contributed by atoms with E-state index in [4.69, 9.17) is 4.74 Å². The highest BCUT2D eigenvalue weighted by molar-refractivity contribution is 4.83. The normalized spacial score (nSPS) is 35.2. The number of likely N-dealkylation sites (tertiary alicyclic amines) is 1. The molecule has 0 aromatic heterocycles. The molecule has 23 heavy (non-hydrogen) atoms. The number of hydrogen-bond donors (Lipinski definition) is 1. The molecular formula is C20H39NO2. The Morgan fingerprint density at radius 1 is 1.00 bits per heavy atom. The van der Waals surface area contributed by atoms with E-state index in [1.165, 1.54) is 32.1 Å². The van der Waals surface area contributed by atoms with Crippen LogP contribution in [-0.2, 0) is 4.74 Å². The molecule has 1 heterocycles. The first-order valence-corrected chi connectivity index (χ1v) is 9.82. The lowest BCUT2D eigenvalue weighted by molar-refractivity contribution is -0.0536. The Morgan fingerprint density at radius 3 is 2.09 bits per heavy atom. The first-order chi connectivity index (χ1) is 10.8. The van der Waals surface area contributed by atoms with E-state index in [0.717, 1.165) is 25.3 Å². The van der Waals surface area contributed by atoms with Crippen molar-refractivity contribution in [3.05, 3.63) is 0 Å². The number of nitrogens with zero attached hydrogens (tertiary/aromatic N) is 1. The molecule has 0 aromatic carbocycles. The summed E-state index contributed by atoms with van der Waals surface area (Å²) in [6, 6.07) is 1.19. The Kier molecular flexibility index (Phi) is 6.94. The van der Waals surface area contributed by atoms with Crippen molar-refractivity contribution in [3.63, 3.8) is 0 Å². The van der Waals surface area contributed by atoms with E-state index >= 15 is 0 Å². The quantitative estimate of drug-likeness (QED) is 0.821. The summed E-state index contributed by atoms with van der Waals surface area (Å²) in [5.41, 5.74) is 0.422. The second kappa shape index (κ2) is 8.31. The van der Waals surface area contributed by atoms with Crippen LogP contribution >= 0.6 is 0 Å². The van der Waals surface area contributed by atoms with Crippen LogP contribution in [0.2, 0.25) is 0 Å². The molecule has 2 fully saturated rings. The molecule has 2 aliphatic rings. The summed E-state index contributed by atoms with van der Waals surface area (Å²) in [4.78, 5) is 2.47. The smallest absolute Gasteiger partial charge is 0.0900 e. The Balaban J connectivity index is 1.68. The fourth-order valence-electron chi connectivity index (χ4n) is 4.47. The lowest BCUT2D eigenvalue weighted by Gasteiger charge is -2.40. The standard InChI is InChI=1S/C20H39NO2/c1-15-7-6-8-16(2)21(15)13-18(22)14-23-19-11-9-17(10-12-19)20(3,4)5/h15-19,22H,6-14H2,1-5H3/t15-,16-,17?,18+,19?/m1/s1. The zero-order valence-corrected chi connectivity index (χ0v) is 16.1. The first kappa shape index (κ1) is 19.2. The summed E-state index contributed by atoms with van der Waals surface area (Å²) in [5.74, 6) is 0.822. The minimum atomic E-state index is -0.349. The molecule has 0 spiro atoms. The highest BCUT2D eigenvalue weighted by atomic mass is 16.5. The van der Waals surface area contributed by atoms with Gasteiger partial charge in [0.1, 0.15) is 0 Å². The minimum Gasteiger partial charge on any atom is -0.389 e. The number of β-amino-alcohol motifs (C(OH)–C–C–N with tert-alkyl or cyclic N) is 1. The number of rotatable bonds is 5. The first-order valence-electron chi connectivity index (χ1n) is 9.82. The molecule has 136 valence electrons. The average molecular weight is 326 g/mol. The Morgan fingerprint density at radius 2 is 1.57 bits per heavy atom.